The van der Waals surface area contributed by atoms with Gasteiger partial charge in [0.05, 0.1) is 11.4 Å². The Morgan fingerprint density at radius 1 is 1.26 bits per heavy atom. The van der Waals surface area contributed by atoms with Crippen LogP contribution in [0, 0.1) is 6.92 Å². The summed E-state index contributed by atoms with van der Waals surface area (Å²) in [6, 6.07) is 6.89. The lowest BCUT2D eigenvalue weighted by atomic mass is 9.88. The van der Waals surface area contributed by atoms with E-state index in [1.54, 1.807) is 31.2 Å². The molecule has 0 aliphatic carbocycles. The Morgan fingerprint density at radius 2 is 2.00 bits per heavy atom. The van der Waals surface area contributed by atoms with Crippen LogP contribution < -0.4 is 9.62 Å². The van der Waals surface area contributed by atoms with Crippen molar-refractivity contribution in [3.63, 3.8) is 0 Å². The zero-order chi connectivity index (χ0) is 19.8. The fraction of sp³-hybridized carbons (Fsp3) is 0.474. The quantitative estimate of drug-likeness (QED) is 0.865. The molecule has 1 aliphatic rings. The first-order valence-electron chi connectivity index (χ1n) is 8.98. The molecule has 1 aliphatic heterocycles. The first-order chi connectivity index (χ1) is 12.6. The molecule has 8 heteroatoms. The number of anilines is 2. The third kappa shape index (κ3) is 4.00. The fourth-order valence-corrected chi connectivity index (χ4v) is 4.79. The summed E-state index contributed by atoms with van der Waals surface area (Å²) in [6.07, 6.45) is 1.50. The van der Waals surface area contributed by atoms with Gasteiger partial charge in [0.15, 0.2) is 0 Å². The molecular weight excluding hydrogens is 366 g/mol. The van der Waals surface area contributed by atoms with Gasteiger partial charge in [-0.2, -0.15) is 0 Å². The Hall–Kier alpha value is -2.35. The highest BCUT2D eigenvalue weighted by atomic mass is 32.2. The highest BCUT2D eigenvalue weighted by Crippen LogP contribution is 2.29. The molecule has 146 valence electrons. The third-order valence-corrected chi connectivity index (χ3v) is 6.41. The first-order valence-corrected chi connectivity index (χ1v) is 10.6. The predicted molar refractivity (Wildman–Crippen MR) is 105 cm³/mol. The average molecular weight is 391 g/mol. The molecule has 0 radical (unpaired) electrons. The Kier molecular flexibility index (Phi) is 5.03. The highest BCUT2D eigenvalue weighted by molar-refractivity contribution is 7.92. The van der Waals surface area contributed by atoms with E-state index in [0.29, 0.717) is 41.4 Å². The van der Waals surface area contributed by atoms with Crippen molar-refractivity contribution in [2.24, 2.45) is 0 Å². The van der Waals surface area contributed by atoms with Crippen LogP contribution in [-0.2, 0) is 15.4 Å². The molecule has 1 aromatic heterocycles. The lowest BCUT2D eigenvalue weighted by Crippen LogP contribution is -2.37. The Morgan fingerprint density at radius 3 is 2.67 bits per heavy atom. The number of benzene rings is 1. The number of rotatable bonds is 3. The van der Waals surface area contributed by atoms with Gasteiger partial charge in [-0.05, 0) is 38.0 Å². The van der Waals surface area contributed by atoms with Crippen LogP contribution in [0.4, 0.5) is 11.4 Å². The Balaban J connectivity index is 1.88. The van der Waals surface area contributed by atoms with Crippen molar-refractivity contribution >= 4 is 27.3 Å². The summed E-state index contributed by atoms with van der Waals surface area (Å²) in [4.78, 5) is 12.8. The standard InChI is InChI=1S/C19H25N3O4S/c1-13-16(17(21-26-13)19(2,3)4)18(23)20-14-8-7-9-15(12-14)22-10-5-6-11-27(22,24)25/h7-9,12H,5-6,10-11H2,1-4H3,(H,20,23). The molecule has 0 saturated carbocycles. The fourth-order valence-electron chi connectivity index (χ4n) is 3.16. The summed E-state index contributed by atoms with van der Waals surface area (Å²) in [5.74, 6) is 0.280. The normalized spacial score (nSPS) is 17.0. The van der Waals surface area contributed by atoms with Crippen LogP contribution in [0.15, 0.2) is 28.8 Å². The Bertz CT molecular complexity index is 958. The van der Waals surface area contributed by atoms with Crippen LogP contribution in [0.3, 0.4) is 0 Å². The second kappa shape index (κ2) is 6.99. The van der Waals surface area contributed by atoms with Crippen LogP contribution in [0.25, 0.3) is 0 Å². The van der Waals surface area contributed by atoms with Gasteiger partial charge in [0, 0.05) is 17.6 Å². The number of nitrogens with zero attached hydrogens (tertiary/aromatic N) is 2. The van der Waals surface area contributed by atoms with Crippen molar-refractivity contribution in [2.75, 3.05) is 21.9 Å². The highest BCUT2D eigenvalue weighted by Gasteiger charge is 2.29. The molecule has 0 bridgehead atoms. The SMILES string of the molecule is Cc1onc(C(C)(C)C)c1C(=O)Nc1cccc(N2CCCCS2(=O)=O)c1. The topological polar surface area (TPSA) is 92.5 Å². The summed E-state index contributed by atoms with van der Waals surface area (Å²) < 4.78 is 31.3. The molecule has 2 heterocycles. The minimum atomic E-state index is -3.30. The van der Waals surface area contributed by atoms with Gasteiger partial charge in [-0.3, -0.25) is 9.10 Å². The molecular formula is C19H25N3O4S. The summed E-state index contributed by atoms with van der Waals surface area (Å²) in [7, 11) is -3.30. The van der Waals surface area contributed by atoms with Crippen molar-refractivity contribution in [2.45, 2.75) is 46.0 Å². The van der Waals surface area contributed by atoms with E-state index >= 15 is 0 Å². The summed E-state index contributed by atoms with van der Waals surface area (Å²) >= 11 is 0. The van der Waals surface area contributed by atoms with Crippen LogP contribution >= 0.6 is 0 Å². The van der Waals surface area contributed by atoms with E-state index in [1.165, 1.54) is 4.31 Å². The van der Waals surface area contributed by atoms with E-state index in [2.05, 4.69) is 10.5 Å². The number of nitrogens with one attached hydrogen (secondary N) is 1. The van der Waals surface area contributed by atoms with Gasteiger partial charge in [-0.25, -0.2) is 8.42 Å². The summed E-state index contributed by atoms with van der Waals surface area (Å²) in [5.41, 5.74) is 1.75. The van der Waals surface area contributed by atoms with Crippen molar-refractivity contribution in [1.82, 2.24) is 5.16 Å². The number of hydrogen-bond acceptors (Lipinski definition) is 5. The average Bonchev–Trinajstić information content (AvgIpc) is 2.96. The molecule has 1 N–H and O–H groups in total. The zero-order valence-electron chi connectivity index (χ0n) is 16.1. The predicted octanol–water partition coefficient (Wildman–Crippen LogP) is 3.46. The smallest absolute Gasteiger partial charge is 0.261 e. The van der Waals surface area contributed by atoms with Gasteiger partial charge in [0.25, 0.3) is 5.91 Å². The maximum atomic E-state index is 12.8. The lowest BCUT2D eigenvalue weighted by Gasteiger charge is -2.28. The minimum Gasteiger partial charge on any atom is -0.361 e. The number of aromatic nitrogens is 1. The molecule has 3 rings (SSSR count). The van der Waals surface area contributed by atoms with Crippen molar-refractivity contribution in [3.05, 3.63) is 41.3 Å². The van der Waals surface area contributed by atoms with Crippen molar-refractivity contribution in [3.8, 4) is 0 Å². The molecule has 1 saturated heterocycles. The number of carbonyl (C=O) groups is 1. The van der Waals surface area contributed by atoms with Crippen LogP contribution in [0.5, 0.6) is 0 Å². The Labute approximate surface area is 159 Å². The lowest BCUT2D eigenvalue weighted by molar-refractivity contribution is 0.102. The molecule has 0 atom stereocenters. The van der Waals surface area contributed by atoms with Crippen molar-refractivity contribution in [1.29, 1.82) is 0 Å². The maximum absolute atomic E-state index is 12.8. The molecule has 27 heavy (non-hydrogen) atoms. The molecule has 1 amide bonds. The van der Waals surface area contributed by atoms with E-state index in [4.69, 9.17) is 4.52 Å². The number of hydrogen-bond donors (Lipinski definition) is 1. The zero-order valence-corrected chi connectivity index (χ0v) is 16.9. The number of carbonyl (C=O) groups excluding carboxylic acids is 1. The van der Waals surface area contributed by atoms with E-state index in [9.17, 15) is 13.2 Å². The van der Waals surface area contributed by atoms with E-state index in [1.807, 2.05) is 20.8 Å². The molecule has 1 fully saturated rings. The third-order valence-electron chi connectivity index (χ3n) is 4.54. The van der Waals surface area contributed by atoms with Crippen LogP contribution in [0.2, 0.25) is 0 Å². The first kappa shape index (κ1) is 19.4. The van der Waals surface area contributed by atoms with E-state index in [-0.39, 0.29) is 17.1 Å². The molecule has 0 unspecified atom stereocenters. The molecule has 2 aromatic rings. The second-order valence-electron chi connectivity index (χ2n) is 7.81. The molecule has 0 spiro atoms. The van der Waals surface area contributed by atoms with Gasteiger partial charge < -0.3 is 9.84 Å². The number of amides is 1. The summed E-state index contributed by atoms with van der Waals surface area (Å²) in [6.45, 7) is 8.04. The van der Waals surface area contributed by atoms with E-state index in [0.717, 1.165) is 6.42 Å². The molecule has 1 aromatic carbocycles. The second-order valence-corrected chi connectivity index (χ2v) is 9.82. The van der Waals surface area contributed by atoms with Gasteiger partial charge >= 0.3 is 0 Å². The van der Waals surface area contributed by atoms with Gasteiger partial charge in [-0.1, -0.05) is 32.0 Å². The van der Waals surface area contributed by atoms with Gasteiger partial charge in [0.2, 0.25) is 10.0 Å². The maximum Gasteiger partial charge on any atom is 0.261 e. The monoisotopic (exact) mass is 391 g/mol. The van der Waals surface area contributed by atoms with Crippen molar-refractivity contribution < 1.29 is 17.7 Å². The molecule has 7 nitrogen and oxygen atoms in total. The number of aryl methyl sites for hydroxylation is 1. The van der Waals surface area contributed by atoms with Crippen LogP contribution in [0.1, 0.15) is 55.4 Å². The number of sulfonamides is 1. The van der Waals surface area contributed by atoms with Gasteiger partial charge in [-0.15, -0.1) is 0 Å². The van der Waals surface area contributed by atoms with Crippen LogP contribution in [-0.4, -0.2) is 31.8 Å². The van der Waals surface area contributed by atoms with Gasteiger partial charge in [0.1, 0.15) is 17.0 Å². The van der Waals surface area contributed by atoms with E-state index < -0.39 is 10.0 Å². The minimum absolute atomic E-state index is 0.151. The largest absolute Gasteiger partial charge is 0.361 e. The summed E-state index contributed by atoms with van der Waals surface area (Å²) in [5, 5.41) is 6.88.